The Morgan fingerprint density at radius 2 is 2.12 bits per heavy atom. The molecule has 0 rings (SSSR count). The Labute approximate surface area is 48.1 Å². The average Bonchev–Trinajstić information content (AvgIpc) is 1.91. The van der Waals surface area contributed by atoms with Crippen LogP contribution in [-0.2, 0) is 4.79 Å². The fraction of sp³-hybridized carbons (Fsp3) is 0.250. The van der Waals surface area contributed by atoms with Crippen LogP contribution in [0.25, 0.3) is 1.43 Å². The van der Waals surface area contributed by atoms with E-state index in [-0.39, 0.29) is 5.57 Å². The van der Waals surface area contributed by atoms with Crippen LogP contribution in [-0.4, -0.2) is 21.6 Å². The Bertz CT molecular complexity index is 101. The van der Waals surface area contributed by atoms with Gasteiger partial charge >= 0.3 is 5.97 Å². The summed E-state index contributed by atoms with van der Waals surface area (Å²) in [6.07, 6.45) is 0. The minimum atomic E-state index is -0.681. The number of aliphatic carboxylic acids is 1. The summed E-state index contributed by atoms with van der Waals surface area (Å²) >= 11 is 0. The second kappa shape index (κ2) is 6.13. The third-order valence-electron chi connectivity index (χ3n) is 0.348. The summed E-state index contributed by atoms with van der Waals surface area (Å²) in [5, 5.41) is 15.5. The summed E-state index contributed by atoms with van der Waals surface area (Å²) in [5.41, 5.74) is 0.245. The predicted molar refractivity (Wildman–Crippen MR) is 27.7 cm³/mol. The number of carboxylic acid groups (broad SMARTS) is 1. The van der Waals surface area contributed by atoms with Gasteiger partial charge < -0.3 is 5.11 Å². The lowest BCUT2D eigenvalue weighted by Gasteiger charge is -1.79. The van der Waals surface area contributed by atoms with Crippen molar-refractivity contribution in [1.82, 2.24) is 0 Å². The highest BCUT2D eigenvalue weighted by Gasteiger charge is 1.90. The third-order valence-corrected chi connectivity index (χ3v) is 0.348. The van der Waals surface area contributed by atoms with Crippen LogP contribution in [0.2, 0.25) is 0 Å². The molecule has 8 heavy (non-hydrogen) atoms. The maximum atomic E-state index is 10.0. The van der Waals surface area contributed by atoms with E-state index in [0.29, 0.717) is 0 Å². The van der Waals surface area contributed by atoms with Gasteiger partial charge in [-0.25, -0.2) is 4.79 Å². The number of rotatable bonds is 1. The van der Waals surface area contributed by atoms with Gasteiger partial charge in [-0.2, -0.15) is 0 Å². The van der Waals surface area contributed by atoms with E-state index in [1.807, 2.05) is 0 Å². The van der Waals surface area contributed by atoms with Crippen LogP contribution in [0.15, 0.2) is 12.2 Å². The molecule has 0 aliphatic rings. The SMILES string of the molecule is OO.[2H]OC(=O)C(=C)C. The lowest BCUT2D eigenvalue weighted by Crippen LogP contribution is -1.92. The van der Waals surface area contributed by atoms with Crippen molar-refractivity contribution in [2.24, 2.45) is 0 Å². The van der Waals surface area contributed by atoms with E-state index in [9.17, 15) is 4.79 Å². The minimum absolute atomic E-state index is 0.245. The van der Waals surface area contributed by atoms with E-state index < -0.39 is 5.97 Å². The molecule has 0 heterocycles. The molecule has 0 aromatic rings. The van der Waals surface area contributed by atoms with Crippen LogP contribution in [0, 0.1) is 0 Å². The highest BCUT2D eigenvalue weighted by atomic mass is 17.0. The fourth-order valence-electron chi connectivity index (χ4n) is 0. The van der Waals surface area contributed by atoms with Crippen LogP contribution in [0.3, 0.4) is 0 Å². The first-order valence-electron chi connectivity index (χ1n) is 2.12. The second-order valence-corrected chi connectivity index (χ2v) is 1.07. The van der Waals surface area contributed by atoms with E-state index in [2.05, 4.69) is 11.7 Å². The molecular formula is C4H8O4. The van der Waals surface area contributed by atoms with Gasteiger partial charge in [0.2, 0.25) is 0 Å². The smallest absolute Gasteiger partial charge is 0.330 e. The molecule has 0 aromatic carbocycles. The number of hydrogen-bond acceptors (Lipinski definition) is 4. The fourth-order valence-corrected chi connectivity index (χ4v) is 0. The zero-order chi connectivity index (χ0) is 7.86. The largest absolute Gasteiger partial charge is 0.478 e. The van der Waals surface area contributed by atoms with Crippen LogP contribution < -0.4 is 0 Å². The number of carbonyl (C=O) groups is 1. The van der Waals surface area contributed by atoms with Crippen molar-refractivity contribution < 1.29 is 20.4 Å². The molecule has 0 radical (unpaired) electrons. The van der Waals surface area contributed by atoms with Crippen LogP contribution in [0.4, 0.5) is 0 Å². The maximum absolute atomic E-state index is 10.0. The first-order chi connectivity index (χ1) is 4.18. The van der Waals surface area contributed by atoms with Crippen molar-refractivity contribution in [1.29, 1.82) is 1.43 Å². The van der Waals surface area contributed by atoms with Gasteiger partial charge in [0.1, 0.15) is 0 Å². The van der Waals surface area contributed by atoms with Gasteiger partial charge in [-0.15, -0.1) is 0 Å². The first kappa shape index (κ1) is 7.13. The molecule has 0 saturated carbocycles. The van der Waals surface area contributed by atoms with Crippen LogP contribution >= 0.6 is 0 Å². The Morgan fingerprint density at radius 1 is 1.75 bits per heavy atom. The molecule has 4 heteroatoms. The summed E-state index contributed by atoms with van der Waals surface area (Å²) in [5.74, 6) is -0.681. The summed E-state index contributed by atoms with van der Waals surface area (Å²) < 4.78 is 6.03. The summed E-state index contributed by atoms with van der Waals surface area (Å²) in [6, 6.07) is 0. The molecule has 0 aromatic heterocycles. The topological polar surface area (TPSA) is 77.8 Å². The summed E-state index contributed by atoms with van der Waals surface area (Å²) in [6.45, 7) is 4.71. The molecule has 0 fully saturated rings. The molecule has 0 bridgehead atoms. The van der Waals surface area contributed by atoms with Gasteiger partial charge in [-0.05, 0) is 6.92 Å². The zero-order valence-corrected chi connectivity index (χ0v) is 4.42. The van der Waals surface area contributed by atoms with Crippen molar-refractivity contribution >= 4 is 5.97 Å². The van der Waals surface area contributed by atoms with Gasteiger partial charge in [-0.1, -0.05) is 6.58 Å². The molecule has 0 spiro atoms. The molecule has 0 saturated heterocycles. The second-order valence-electron chi connectivity index (χ2n) is 1.07. The third kappa shape index (κ3) is 8.93. The van der Waals surface area contributed by atoms with Gasteiger partial charge in [-0.3, -0.25) is 10.5 Å². The van der Waals surface area contributed by atoms with Crippen molar-refractivity contribution in [3.05, 3.63) is 12.2 Å². The quantitative estimate of drug-likeness (QED) is 0.270. The first-order valence-corrected chi connectivity index (χ1v) is 1.71. The average molecular weight is 121 g/mol. The van der Waals surface area contributed by atoms with Gasteiger partial charge in [0.25, 0.3) is 1.43 Å². The van der Waals surface area contributed by atoms with Gasteiger partial charge in [0, 0.05) is 5.57 Å². The van der Waals surface area contributed by atoms with Crippen molar-refractivity contribution in [2.75, 3.05) is 0 Å². The Hall–Kier alpha value is -0.870. The minimum Gasteiger partial charge on any atom is -0.478 e. The van der Waals surface area contributed by atoms with Gasteiger partial charge in [0.15, 0.2) is 0 Å². The van der Waals surface area contributed by atoms with Crippen LogP contribution in [0.1, 0.15) is 6.92 Å². The predicted octanol–water partition coefficient (Wildman–Crippen LogP) is 0.664. The summed E-state index contributed by atoms with van der Waals surface area (Å²) in [7, 11) is 0. The van der Waals surface area contributed by atoms with E-state index in [1.54, 1.807) is 0 Å². The van der Waals surface area contributed by atoms with Gasteiger partial charge in [0.05, 0.1) is 0 Å². The number of hydrogen-bond donors (Lipinski definition) is 3. The molecule has 3 N–H and O–H groups in total. The molecule has 0 unspecified atom stereocenters. The van der Waals surface area contributed by atoms with Crippen molar-refractivity contribution in [3.63, 3.8) is 0 Å². The van der Waals surface area contributed by atoms with Crippen molar-refractivity contribution in [2.45, 2.75) is 6.92 Å². The monoisotopic (exact) mass is 121 g/mol. The van der Waals surface area contributed by atoms with Crippen molar-refractivity contribution in [3.8, 4) is 0 Å². The molecular weight excluding hydrogens is 112 g/mol. The van der Waals surface area contributed by atoms with E-state index in [0.717, 1.165) is 0 Å². The normalized spacial score (nSPS) is 7.62. The zero-order valence-electron chi connectivity index (χ0n) is 5.42. The molecule has 0 amide bonds. The Morgan fingerprint density at radius 3 is 2.12 bits per heavy atom. The molecule has 0 aliphatic carbocycles. The Kier molecular flexibility index (Phi) is 5.46. The van der Waals surface area contributed by atoms with Crippen LogP contribution in [0.5, 0.6) is 0 Å². The summed E-state index contributed by atoms with van der Waals surface area (Å²) in [4.78, 5) is 10.0. The lowest BCUT2D eigenvalue weighted by molar-refractivity contribution is -0.176. The highest BCUT2D eigenvalue weighted by molar-refractivity contribution is 5.84. The van der Waals surface area contributed by atoms with E-state index in [4.69, 9.17) is 11.9 Å². The molecule has 48 valence electrons. The number of carboxylic acids is 1. The van der Waals surface area contributed by atoms with E-state index >= 15 is 0 Å². The highest BCUT2D eigenvalue weighted by Crippen LogP contribution is 1.81. The Balaban J connectivity index is 0. The standard InChI is InChI=1S/C4H6O2.H2O2/c1-3(2)4(5)6;1-2/h1H2,2H3,(H,5,6);1-2H/i/hD. The molecule has 0 atom stereocenters. The molecule has 4 nitrogen and oxygen atoms in total. The van der Waals surface area contributed by atoms with E-state index in [1.165, 1.54) is 6.92 Å². The molecule has 0 aliphatic heterocycles. The maximum Gasteiger partial charge on any atom is 0.330 e. The lowest BCUT2D eigenvalue weighted by atomic mass is 10.4.